The maximum absolute atomic E-state index is 4.16. The van der Waals surface area contributed by atoms with Gasteiger partial charge in [0.25, 0.3) is 0 Å². The van der Waals surface area contributed by atoms with E-state index in [0.29, 0.717) is 0 Å². The Bertz CT molecular complexity index is 1220. The van der Waals surface area contributed by atoms with E-state index in [2.05, 4.69) is 200 Å². The molecule has 0 N–H and O–H groups in total. The Hall–Kier alpha value is -2.20. The van der Waals surface area contributed by atoms with Gasteiger partial charge in [0.15, 0.2) is 0 Å². The van der Waals surface area contributed by atoms with Gasteiger partial charge in [-0.15, -0.1) is 34.9 Å². The normalized spacial score (nSPS) is 12.7. The van der Waals surface area contributed by atoms with Gasteiger partial charge >= 0.3 is 17.4 Å². The molecule has 3 aromatic rings. The summed E-state index contributed by atoms with van der Waals surface area (Å²) in [5.74, 6) is 0. The average molecular weight is 662 g/mol. The van der Waals surface area contributed by atoms with Gasteiger partial charge < -0.3 is 0 Å². The van der Waals surface area contributed by atoms with E-state index in [9.17, 15) is 0 Å². The fourth-order valence-corrected chi connectivity index (χ4v) is 6.33. The minimum absolute atomic E-state index is 0. The van der Waals surface area contributed by atoms with Crippen molar-refractivity contribution in [3.05, 3.63) is 125 Å². The second-order valence-electron chi connectivity index (χ2n) is 19.0. The molecule has 0 atom stereocenters. The van der Waals surface area contributed by atoms with Crippen LogP contribution in [-0.4, -0.2) is 0 Å². The SMILES string of the molecule is [CH2-]c1cccc(C(C)(C)C)c1C(C)(C)C.[CH2-]c1cccc(C(C)(C)C)c1C(C)(C)C.[CH2-]c1cccc(C(C)(C)C)c1C(C)(C)C.[Cr+3]. The molecule has 0 aliphatic heterocycles. The Morgan fingerprint density at radius 3 is 0.587 bits per heavy atom. The van der Waals surface area contributed by atoms with E-state index < -0.39 is 0 Å². The van der Waals surface area contributed by atoms with E-state index in [1.807, 2.05) is 0 Å². The van der Waals surface area contributed by atoms with Crippen molar-refractivity contribution in [1.29, 1.82) is 0 Å². The van der Waals surface area contributed by atoms with E-state index in [0.717, 1.165) is 16.7 Å². The number of benzene rings is 3. The zero-order valence-corrected chi connectivity index (χ0v) is 34.5. The molecule has 0 nitrogen and oxygen atoms in total. The molecule has 0 fully saturated rings. The molecule has 255 valence electrons. The van der Waals surface area contributed by atoms with Crippen LogP contribution in [0.1, 0.15) is 175 Å². The standard InChI is InChI=1S/3C15H23.Cr/c3*1-11-9-8-10-12(14(2,3)4)13(11)15(5,6)7;/h3*8-10H,1H2,2-7H3;/q3*-1;+3. The summed E-state index contributed by atoms with van der Waals surface area (Å²) in [7, 11) is 0. The molecule has 3 aromatic carbocycles. The van der Waals surface area contributed by atoms with Crippen LogP contribution in [-0.2, 0) is 49.9 Å². The molecule has 0 spiro atoms. The molecular weight excluding hydrogens is 592 g/mol. The summed E-state index contributed by atoms with van der Waals surface area (Å²) in [6.07, 6.45) is 0. The summed E-state index contributed by atoms with van der Waals surface area (Å²) in [5.41, 5.74) is 13.0. The van der Waals surface area contributed by atoms with Gasteiger partial charge in [0.1, 0.15) is 0 Å². The maximum atomic E-state index is 4.16. The predicted molar refractivity (Wildman–Crippen MR) is 205 cm³/mol. The Morgan fingerprint density at radius 2 is 0.478 bits per heavy atom. The van der Waals surface area contributed by atoms with E-state index in [1.165, 1.54) is 33.4 Å². The molecule has 0 aromatic heterocycles. The smallest absolute Gasteiger partial charge is 0.198 e. The number of hydrogen-bond acceptors (Lipinski definition) is 0. The van der Waals surface area contributed by atoms with Gasteiger partial charge in [-0.3, -0.25) is 0 Å². The van der Waals surface area contributed by atoms with Crippen LogP contribution in [0.5, 0.6) is 0 Å². The summed E-state index contributed by atoms with van der Waals surface area (Å²) in [6, 6.07) is 19.3. The first-order valence-corrected chi connectivity index (χ1v) is 16.8. The zero-order chi connectivity index (χ0) is 35.6. The molecule has 0 aliphatic rings. The zero-order valence-electron chi connectivity index (χ0n) is 33.2. The largest absolute Gasteiger partial charge is 3.00 e. The van der Waals surface area contributed by atoms with Crippen molar-refractivity contribution in [1.82, 2.24) is 0 Å². The number of hydrogen-bond donors (Lipinski definition) is 0. The van der Waals surface area contributed by atoms with Crippen molar-refractivity contribution in [3.8, 4) is 0 Å². The molecule has 0 heterocycles. The van der Waals surface area contributed by atoms with Gasteiger partial charge in [-0.2, -0.15) is 55.7 Å². The van der Waals surface area contributed by atoms with Crippen LogP contribution in [0.4, 0.5) is 0 Å². The molecule has 0 bridgehead atoms. The van der Waals surface area contributed by atoms with Gasteiger partial charge in [-0.1, -0.05) is 176 Å². The Balaban J connectivity index is 0.000000653. The third-order valence-electron chi connectivity index (χ3n) is 8.13. The minimum Gasteiger partial charge on any atom is -0.198 e. The predicted octanol–water partition coefficient (Wildman–Crippen LogP) is 13.4. The van der Waals surface area contributed by atoms with Crippen LogP contribution in [0.15, 0.2) is 54.6 Å². The fourth-order valence-electron chi connectivity index (χ4n) is 6.33. The average Bonchev–Trinajstić information content (AvgIpc) is 2.80. The molecular formula is C45H69Cr. The summed E-state index contributed by atoms with van der Waals surface area (Å²) in [5, 5.41) is 0. The summed E-state index contributed by atoms with van der Waals surface area (Å²) in [4.78, 5) is 0. The van der Waals surface area contributed by atoms with Crippen LogP contribution >= 0.6 is 0 Å². The third kappa shape index (κ3) is 12.1. The van der Waals surface area contributed by atoms with E-state index >= 15 is 0 Å². The van der Waals surface area contributed by atoms with Crippen LogP contribution in [0.2, 0.25) is 0 Å². The summed E-state index contributed by atoms with van der Waals surface area (Å²) >= 11 is 0. The van der Waals surface area contributed by atoms with Gasteiger partial charge in [0, 0.05) is 0 Å². The second kappa shape index (κ2) is 15.4. The Kier molecular flexibility index (Phi) is 14.6. The first kappa shape index (κ1) is 43.8. The molecule has 1 heteroatoms. The van der Waals surface area contributed by atoms with E-state index in [-0.39, 0.29) is 49.9 Å². The van der Waals surface area contributed by atoms with Crippen LogP contribution in [0, 0.1) is 20.8 Å². The van der Waals surface area contributed by atoms with Crippen molar-refractivity contribution < 1.29 is 17.4 Å². The second-order valence-corrected chi connectivity index (χ2v) is 19.0. The van der Waals surface area contributed by atoms with Crippen LogP contribution in [0.3, 0.4) is 0 Å². The first-order valence-electron chi connectivity index (χ1n) is 16.8. The fraction of sp³-hybridized carbons (Fsp3) is 0.533. The van der Waals surface area contributed by atoms with Gasteiger partial charge in [0.05, 0.1) is 0 Å². The van der Waals surface area contributed by atoms with Crippen molar-refractivity contribution in [2.75, 3.05) is 0 Å². The topological polar surface area (TPSA) is 0 Å². The molecule has 3 rings (SSSR count). The van der Waals surface area contributed by atoms with Crippen molar-refractivity contribution in [3.63, 3.8) is 0 Å². The minimum atomic E-state index is 0. The monoisotopic (exact) mass is 661 g/mol. The van der Waals surface area contributed by atoms with E-state index in [1.54, 1.807) is 0 Å². The van der Waals surface area contributed by atoms with Gasteiger partial charge in [-0.05, 0) is 16.2 Å². The van der Waals surface area contributed by atoms with Crippen LogP contribution in [0.25, 0.3) is 0 Å². The quantitative estimate of drug-likeness (QED) is 0.210. The molecule has 0 saturated carbocycles. The Morgan fingerprint density at radius 1 is 0.304 bits per heavy atom. The summed E-state index contributed by atoms with van der Waals surface area (Å²) < 4.78 is 0. The van der Waals surface area contributed by atoms with Crippen molar-refractivity contribution >= 4 is 0 Å². The molecule has 1 radical (unpaired) electrons. The molecule has 0 aliphatic carbocycles. The van der Waals surface area contributed by atoms with Gasteiger partial charge in [-0.25, -0.2) is 0 Å². The molecule has 46 heavy (non-hydrogen) atoms. The number of rotatable bonds is 0. The third-order valence-corrected chi connectivity index (χ3v) is 8.13. The van der Waals surface area contributed by atoms with Crippen molar-refractivity contribution in [2.24, 2.45) is 0 Å². The summed E-state index contributed by atoms with van der Waals surface area (Å²) in [6.45, 7) is 53.1. The van der Waals surface area contributed by atoms with Crippen molar-refractivity contribution in [2.45, 2.75) is 157 Å². The Labute approximate surface area is 298 Å². The molecule has 0 unspecified atom stereocenters. The van der Waals surface area contributed by atoms with Gasteiger partial charge in [0.2, 0.25) is 0 Å². The maximum Gasteiger partial charge on any atom is 3.00 e. The molecule has 0 saturated heterocycles. The van der Waals surface area contributed by atoms with Crippen LogP contribution < -0.4 is 0 Å². The first-order chi connectivity index (χ1) is 19.9. The van der Waals surface area contributed by atoms with E-state index in [4.69, 9.17) is 0 Å². The molecule has 0 amide bonds.